The molecule has 0 aliphatic heterocycles. The zero-order valence-corrected chi connectivity index (χ0v) is 17.4. The zero-order valence-electron chi connectivity index (χ0n) is 17.4. The number of aryl methyl sites for hydroxylation is 2. The van der Waals surface area contributed by atoms with Gasteiger partial charge in [-0.3, -0.25) is 0 Å². The average molecular weight is 398 g/mol. The molecule has 0 saturated heterocycles. The summed E-state index contributed by atoms with van der Waals surface area (Å²) in [4.78, 5) is 0. The number of unbranched alkanes of at least 4 members (excludes halogenated alkanes) is 1. The molecule has 30 heavy (non-hydrogen) atoms. The van der Waals surface area contributed by atoms with Crippen LogP contribution in [0.4, 0.5) is 8.78 Å². The van der Waals surface area contributed by atoms with E-state index in [9.17, 15) is 8.78 Å². The summed E-state index contributed by atoms with van der Waals surface area (Å²) in [5.74, 6) is 11.0. The summed E-state index contributed by atoms with van der Waals surface area (Å²) in [5, 5.41) is 0. The van der Waals surface area contributed by atoms with Crippen LogP contribution < -0.4 is 0 Å². The second-order valence-corrected chi connectivity index (χ2v) is 7.15. The lowest BCUT2D eigenvalue weighted by atomic mass is 10.1. The summed E-state index contributed by atoms with van der Waals surface area (Å²) < 4.78 is 28.6. The highest BCUT2D eigenvalue weighted by Gasteiger charge is 2.03. The molecule has 0 bridgehead atoms. The van der Waals surface area contributed by atoms with Gasteiger partial charge in [-0.05, 0) is 72.9 Å². The maximum atomic E-state index is 14.4. The molecular weight excluding hydrogens is 374 g/mol. The van der Waals surface area contributed by atoms with Gasteiger partial charge in [0.2, 0.25) is 0 Å². The van der Waals surface area contributed by atoms with Gasteiger partial charge >= 0.3 is 0 Å². The van der Waals surface area contributed by atoms with Crippen molar-refractivity contribution in [2.45, 2.75) is 39.5 Å². The Balaban J connectivity index is 1.74. The predicted molar refractivity (Wildman–Crippen MR) is 119 cm³/mol. The van der Waals surface area contributed by atoms with Crippen molar-refractivity contribution in [1.82, 2.24) is 0 Å². The Bertz CT molecular complexity index is 1130. The maximum absolute atomic E-state index is 14.4. The lowest BCUT2D eigenvalue weighted by molar-refractivity contribution is 0.603. The standard InChI is InChI=1S/C28H24F2/c1-3-5-6-25-16-13-24(20-27(25)29)15-18-26-17-14-23(19-28(26)30)12-11-22-9-7-21(4-2)8-10-22/h7-10,13-14,16-17,19-20H,3-6H2,1-2H3. The Morgan fingerprint density at radius 1 is 0.667 bits per heavy atom. The minimum Gasteiger partial charge on any atom is -0.207 e. The Hall–Kier alpha value is -3.36. The minimum atomic E-state index is -0.435. The summed E-state index contributed by atoms with van der Waals surface area (Å²) in [7, 11) is 0. The Labute approximate surface area is 178 Å². The van der Waals surface area contributed by atoms with E-state index in [2.05, 4.69) is 37.5 Å². The lowest BCUT2D eigenvalue weighted by Gasteiger charge is -2.02. The number of hydrogen-bond acceptors (Lipinski definition) is 0. The molecule has 0 atom stereocenters. The minimum absolute atomic E-state index is 0.256. The smallest absolute Gasteiger partial charge is 0.140 e. The van der Waals surface area contributed by atoms with E-state index in [4.69, 9.17) is 0 Å². The SMILES string of the molecule is CCCCc1ccc(C#Cc2ccc(C#Cc3ccc(CC)cc3)cc2F)cc1F. The molecule has 0 heterocycles. The van der Waals surface area contributed by atoms with Crippen molar-refractivity contribution in [2.24, 2.45) is 0 Å². The number of rotatable bonds is 4. The molecule has 0 unspecified atom stereocenters. The van der Waals surface area contributed by atoms with Crippen molar-refractivity contribution >= 4 is 0 Å². The summed E-state index contributed by atoms with van der Waals surface area (Å²) in [6.45, 7) is 4.18. The van der Waals surface area contributed by atoms with Crippen LogP contribution in [0.2, 0.25) is 0 Å². The predicted octanol–water partition coefficient (Wildman–Crippen LogP) is 6.67. The number of hydrogen-bond donors (Lipinski definition) is 0. The molecule has 3 aromatic rings. The largest absolute Gasteiger partial charge is 0.207 e. The van der Waals surface area contributed by atoms with Crippen LogP contribution in [0, 0.1) is 35.3 Å². The number of halogens is 2. The van der Waals surface area contributed by atoms with Crippen LogP contribution in [0.3, 0.4) is 0 Å². The second-order valence-electron chi connectivity index (χ2n) is 7.15. The molecule has 0 fully saturated rings. The lowest BCUT2D eigenvalue weighted by Crippen LogP contribution is -1.91. The van der Waals surface area contributed by atoms with Gasteiger partial charge < -0.3 is 0 Å². The van der Waals surface area contributed by atoms with Crippen molar-refractivity contribution < 1.29 is 8.78 Å². The van der Waals surface area contributed by atoms with Crippen molar-refractivity contribution in [3.05, 3.63) is 106 Å². The fourth-order valence-corrected chi connectivity index (χ4v) is 3.00. The van der Waals surface area contributed by atoms with Crippen molar-refractivity contribution in [3.8, 4) is 23.7 Å². The van der Waals surface area contributed by atoms with Gasteiger partial charge in [-0.15, -0.1) is 0 Å². The van der Waals surface area contributed by atoms with E-state index in [1.807, 2.05) is 24.3 Å². The Morgan fingerprint density at radius 3 is 1.90 bits per heavy atom. The topological polar surface area (TPSA) is 0 Å². The first-order chi connectivity index (χ1) is 14.6. The molecule has 0 amide bonds. The molecule has 0 aromatic heterocycles. The molecule has 2 heteroatoms. The van der Waals surface area contributed by atoms with E-state index < -0.39 is 5.82 Å². The van der Waals surface area contributed by atoms with Crippen LogP contribution >= 0.6 is 0 Å². The summed E-state index contributed by atoms with van der Waals surface area (Å²) in [5.41, 5.74) is 4.23. The molecular formula is C28H24F2. The third-order valence-corrected chi connectivity index (χ3v) is 4.88. The quantitative estimate of drug-likeness (QED) is 0.431. The van der Waals surface area contributed by atoms with E-state index in [1.165, 1.54) is 17.7 Å². The normalized spacial score (nSPS) is 10.0. The first-order valence-corrected chi connectivity index (χ1v) is 10.3. The van der Waals surface area contributed by atoms with Gasteiger partial charge in [-0.1, -0.05) is 62.1 Å². The highest BCUT2D eigenvalue weighted by molar-refractivity contribution is 5.49. The zero-order chi connectivity index (χ0) is 21.3. The average Bonchev–Trinajstić information content (AvgIpc) is 2.76. The Kier molecular flexibility index (Phi) is 7.42. The van der Waals surface area contributed by atoms with Crippen LogP contribution in [0.1, 0.15) is 60.1 Å². The van der Waals surface area contributed by atoms with E-state index in [1.54, 1.807) is 24.3 Å². The van der Waals surface area contributed by atoms with Crippen molar-refractivity contribution in [3.63, 3.8) is 0 Å². The van der Waals surface area contributed by atoms with Gasteiger partial charge in [0, 0.05) is 16.7 Å². The monoisotopic (exact) mass is 398 g/mol. The molecule has 0 aliphatic carbocycles. The van der Waals surface area contributed by atoms with Gasteiger partial charge in [-0.2, -0.15) is 0 Å². The van der Waals surface area contributed by atoms with Gasteiger partial charge in [0.25, 0.3) is 0 Å². The highest BCUT2D eigenvalue weighted by atomic mass is 19.1. The molecule has 0 saturated carbocycles. The van der Waals surface area contributed by atoms with Gasteiger partial charge in [-0.25, -0.2) is 8.78 Å². The van der Waals surface area contributed by atoms with Crippen LogP contribution in [0.25, 0.3) is 0 Å². The fourth-order valence-electron chi connectivity index (χ4n) is 3.00. The third kappa shape index (κ3) is 5.82. The first kappa shape index (κ1) is 21.4. The van der Waals surface area contributed by atoms with E-state index in [0.29, 0.717) is 16.7 Å². The van der Waals surface area contributed by atoms with Crippen LogP contribution in [-0.4, -0.2) is 0 Å². The van der Waals surface area contributed by atoms with Crippen LogP contribution in [0.5, 0.6) is 0 Å². The van der Waals surface area contributed by atoms with Crippen LogP contribution in [0.15, 0.2) is 60.7 Å². The molecule has 3 rings (SSSR count). The molecule has 0 aliphatic rings. The third-order valence-electron chi connectivity index (χ3n) is 4.88. The maximum Gasteiger partial charge on any atom is 0.140 e. The van der Waals surface area contributed by atoms with E-state index in [-0.39, 0.29) is 11.4 Å². The van der Waals surface area contributed by atoms with E-state index >= 15 is 0 Å². The fraction of sp³-hybridized carbons (Fsp3) is 0.214. The van der Waals surface area contributed by atoms with Crippen molar-refractivity contribution in [1.29, 1.82) is 0 Å². The molecule has 0 spiro atoms. The van der Waals surface area contributed by atoms with Gasteiger partial charge in [0.15, 0.2) is 0 Å². The number of benzene rings is 3. The van der Waals surface area contributed by atoms with Crippen LogP contribution in [-0.2, 0) is 12.8 Å². The summed E-state index contributed by atoms with van der Waals surface area (Å²) in [6.07, 6.45) is 3.67. The van der Waals surface area contributed by atoms with Crippen molar-refractivity contribution in [2.75, 3.05) is 0 Å². The summed E-state index contributed by atoms with van der Waals surface area (Å²) >= 11 is 0. The summed E-state index contributed by atoms with van der Waals surface area (Å²) in [6, 6.07) is 17.7. The van der Waals surface area contributed by atoms with E-state index in [0.717, 1.165) is 31.2 Å². The highest BCUT2D eigenvalue weighted by Crippen LogP contribution is 2.14. The molecule has 150 valence electrons. The molecule has 0 nitrogen and oxygen atoms in total. The van der Waals surface area contributed by atoms with Gasteiger partial charge in [0.1, 0.15) is 11.6 Å². The Morgan fingerprint density at radius 2 is 1.27 bits per heavy atom. The second kappa shape index (κ2) is 10.4. The molecule has 0 N–H and O–H groups in total. The van der Waals surface area contributed by atoms with Gasteiger partial charge in [0.05, 0.1) is 5.56 Å². The molecule has 3 aromatic carbocycles. The first-order valence-electron chi connectivity index (χ1n) is 10.3. The molecule has 0 radical (unpaired) electrons.